The molecule has 2 aliphatic carbocycles. The molecule has 2 fully saturated rings. The summed E-state index contributed by atoms with van der Waals surface area (Å²) in [5.74, 6) is 2.45. The smallest absolute Gasteiger partial charge is 0.189 e. The molecule has 0 heterocycles. The first kappa shape index (κ1) is 16.3. The maximum atomic E-state index is 5.34. The Labute approximate surface area is 147 Å². The normalized spacial score (nSPS) is 24.8. The van der Waals surface area contributed by atoms with Gasteiger partial charge in [-0.2, -0.15) is 0 Å². The molecule has 0 saturated heterocycles. The zero-order chi connectivity index (χ0) is 16.2. The van der Waals surface area contributed by atoms with E-state index in [0.29, 0.717) is 16.3 Å². The van der Waals surface area contributed by atoms with E-state index in [0.717, 1.165) is 23.3 Å². The third-order valence-corrected chi connectivity index (χ3v) is 5.10. The summed E-state index contributed by atoms with van der Waals surface area (Å²) >= 11 is 10.6. The van der Waals surface area contributed by atoms with Crippen LogP contribution < -0.4 is 26.2 Å². The molecule has 1 aromatic carbocycles. The van der Waals surface area contributed by atoms with Crippen molar-refractivity contribution in [1.82, 2.24) is 16.2 Å². The summed E-state index contributed by atoms with van der Waals surface area (Å²) < 4.78 is 5.18. The van der Waals surface area contributed by atoms with Gasteiger partial charge in [-0.15, -0.1) is 0 Å². The number of benzene rings is 1. The summed E-state index contributed by atoms with van der Waals surface area (Å²) in [6.45, 7) is 0. The summed E-state index contributed by atoms with van der Waals surface area (Å²) in [5.41, 5.74) is 6.72. The molecule has 124 valence electrons. The third kappa shape index (κ3) is 4.23. The number of methoxy groups -OCH3 is 1. The first-order valence-electron chi connectivity index (χ1n) is 7.91. The van der Waals surface area contributed by atoms with Gasteiger partial charge in [0.15, 0.2) is 10.2 Å². The molecule has 7 heteroatoms. The molecule has 0 aromatic heterocycles. The number of hydrogen-bond donors (Lipinski definition) is 4. The molecular weight excluding hydrogens is 328 g/mol. The molecule has 5 nitrogen and oxygen atoms in total. The first-order chi connectivity index (χ1) is 11.1. The Morgan fingerprint density at radius 3 is 2.65 bits per heavy atom. The Balaban J connectivity index is 1.40. The maximum absolute atomic E-state index is 5.34. The highest BCUT2D eigenvalue weighted by Crippen LogP contribution is 2.44. The maximum Gasteiger partial charge on any atom is 0.189 e. The van der Waals surface area contributed by atoms with E-state index in [9.17, 15) is 0 Å². The lowest BCUT2D eigenvalue weighted by molar-refractivity contribution is 0.389. The molecule has 2 bridgehead atoms. The molecule has 1 aromatic rings. The Morgan fingerprint density at radius 1 is 1.13 bits per heavy atom. The summed E-state index contributed by atoms with van der Waals surface area (Å²) in [6.07, 6.45) is 5.30. The molecule has 2 aliphatic rings. The molecule has 3 atom stereocenters. The summed E-state index contributed by atoms with van der Waals surface area (Å²) in [4.78, 5) is 0. The van der Waals surface area contributed by atoms with Crippen LogP contribution in [-0.4, -0.2) is 23.4 Å². The van der Waals surface area contributed by atoms with E-state index in [4.69, 9.17) is 29.2 Å². The molecule has 3 rings (SSSR count). The second-order valence-corrected chi connectivity index (χ2v) is 7.01. The van der Waals surface area contributed by atoms with E-state index in [2.05, 4.69) is 21.5 Å². The second-order valence-electron chi connectivity index (χ2n) is 6.19. The molecule has 0 amide bonds. The van der Waals surface area contributed by atoms with Gasteiger partial charge in [-0.1, -0.05) is 12.5 Å². The lowest BCUT2D eigenvalue weighted by Gasteiger charge is -2.24. The first-order valence-corrected chi connectivity index (χ1v) is 8.73. The number of ether oxygens (including phenoxy) is 1. The van der Waals surface area contributed by atoms with E-state index >= 15 is 0 Å². The van der Waals surface area contributed by atoms with E-state index in [-0.39, 0.29) is 0 Å². The van der Waals surface area contributed by atoms with Crippen LogP contribution in [0.1, 0.15) is 25.7 Å². The number of thiocarbonyl (C=S) groups is 2. The third-order valence-electron chi connectivity index (χ3n) is 4.67. The highest BCUT2D eigenvalue weighted by Gasteiger charge is 2.39. The number of anilines is 1. The van der Waals surface area contributed by atoms with Crippen molar-refractivity contribution in [2.75, 3.05) is 12.4 Å². The molecule has 4 N–H and O–H groups in total. The minimum absolute atomic E-state index is 0.454. The average molecular weight is 351 g/mol. The van der Waals surface area contributed by atoms with E-state index in [1.807, 2.05) is 24.3 Å². The van der Waals surface area contributed by atoms with Crippen LogP contribution >= 0.6 is 24.4 Å². The van der Waals surface area contributed by atoms with Crippen LogP contribution in [-0.2, 0) is 0 Å². The zero-order valence-corrected chi connectivity index (χ0v) is 14.7. The average Bonchev–Trinajstić information content (AvgIpc) is 3.16. The summed E-state index contributed by atoms with van der Waals surface area (Å²) in [5, 5.41) is 7.53. The number of fused-ring (bicyclic) bond motifs is 2. The number of rotatable bonds is 3. The molecule has 0 radical (unpaired) electrons. The van der Waals surface area contributed by atoms with Crippen LogP contribution in [0.25, 0.3) is 0 Å². The highest BCUT2D eigenvalue weighted by molar-refractivity contribution is 7.80. The van der Waals surface area contributed by atoms with Crippen LogP contribution in [0.4, 0.5) is 5.69 Å². The van der Waals surface area contributed by atoms with Crippen molar-refractivity contribution in [3.8, 4) is 5.75 Å². The van der Waals surface area contributed by atoms with E-state index in [1.165, 1.54) is 25.7 Å². The van der Waals surface area contributed by atoms with Crippen molar-refractivity contribution in [3.63, 3.8) is 0 Å². The topological polar surface area (TPSA) is 57.4 Å². The van der Waals surface area contributed by atoms with Gasteiger partial charge in [0.25, 0.3) is 0 Å². The molecule has 0 aliphatic heterocycles. The van der Waals surface area contributed by atoms with Crippen molar-refractivity contribution in [3.05, 3.63) is 24.3 Å². The van der Waals surface area contributed by atoms with Gasteiger partial charge in [0.05, 0.1) is 7.11 Å². The quantitative estimate of drug-likeness (QED) is 0.494. The van der Waals surface area contributed by atoms with Crippen molar-refractivity contribution >= 4 is 40.3 Å². The largest absolute Gasteiger partial charge is 0.497 e. The predicted octanol–water partition coefficient (Wildman–Crippen LogP) is 2.55. The second kappa shape index (κ2) is 7.31. The molecular formula is C16H22N4OS2. The monoisotopic (exact) mass is 350 g/mol. The molecule has 0 unspecified atom stereocenters. The zero-order valence-electron chi connectivity index (χ0n) is 13.1. The number of hydrogen-bond acceptors (Lipinski definition) is 3. The highest BCUT2D eigenvalue weighted by atomic mass is 32.1. The van der Waals surface area contributed by atoms with Gasteiger partial charge in [-0.25, -0.2) is 0 Å². The lowest BCUT2D eigenvalue weighted by atomic mass is 9.96. The van der Waals surface area contributed by atoms with Gasteiger partial charge in [0, 0.05) is 17.8 Å². The van der Waals surface area contributed by atoms with Crippen molar-refractivity contribution < 1.29 is 4.74 Å². The van der Waals surface area contributed by atoms with Gasteiger partial charge >= 0.3 is 0 Å². The fourth-order valence-electron chi connectivity index (χ4n) is 3.60. The van der Waals surface area contributed by atoms with Crippen molar-refractivity contribution in [2.45, 2.75) is 31.7 Å². The number of hydrazine groups is 1. The van der Waals surface area contributed by atoms with Crippen LogP contribution in [0.3, 0.4) is 0 Å². The van der Waals surface area contributed by atoms with E-state index in [1.54, 1.807) is 7.11 Å². The fourth-order valence-corrected chi connectivity index (χ4v) is 3.97. The Bertz CT molecular complexity index is 595. The van der Waals surface area contributed by atoms with Crippen molar-refractivity contribution in [2.24, 2.45) is 11.8 Å². The van der Waals surface area contributed by atoms with E-state index < -0.39 is 0 Å². The predicted molar refractivity (Wildman–Crippen MR) is 100 cm³/mol. The van der Waals surface area contributed by atoms with Crippen LogP contribution in [0.5, 0.6) is 5.75 Å². The van der Waals surface area contributed by atoms with Crippen LogP contribution in [0, 0.1) is 11.8 Å². The van der Waals surface area contributed by atoms with Gasteiger partial charge < -0.3 is 15.4 Å². The minimum Gasteiger partial charge on any atom is -0.497 e. The summed E-state index contributed by atoms with van der Waals surface area (Å²) in [7, 11) is 1.64. The van der Waals surface area contributed by atoms with Gasteiger partial charge in [0.1, 0.15) is 5.75 Å². The molecule has 0 spiro atoms. The van der Waals surface area contributed by atoms with Gasteiger partial charge in [-0.3, -0.25) is 10.9 Å². The van der Waals surface area contributed by atoms with Gasteiger partial charge in [0.2, 0.25) is 0 Å². The lowest BCUT2D eigenvalue weighted by Crippen LogP contribution is -2.51. The standard InChI is InChI=1S/C16H22N4OS2/c1-21-13-4-2-3-12(9-13)17-15(22)19-20-16(23)18-14-8-10-5-6-11(14)7-10/h2-4,9-11,14H,5-8H2,1H3,(H2,17,19,22)(H2,18,20,23)/t10-,11+,14-/m0/s1. The van der Waals surface area contributed by atoms with Crippen LogP contribution in [0.15, 0.2) is 24.3 Å². The Morgan fingerprint density at radius 2 is 1.96 bits per heavy atom. The van der Waals surface area contributed by atoms with Gasteiger partial charge in [-0.05, 0) is 67.7 Å². The van der Waals surface area contributed by atoms with Crippen molar-refractivity contribution in [1.29, 1.82) is 0 Å². The Kier molecular flexibility index (Phi) is 5.17. The minimum atomic E-state index is 0.454. The SMILES string of the molecule is COc1cccc(NC(=S)NNC(=S)N[C@H]2C[C@H]3CC[C@@H]2C3)c1. The molecule has 23 heavy (non-hydrogen) atoms. The fraction of sp³-hybridized carbons (Fsp3) is 0.500. The Hall–Kier alpha value is -1.60. The molecule has 2 saturated carbocycles. The van der Waals surface area contributed by atoms with Crippen LogP contribution in [0.2, 0.25) is 0 Å². The number of nitrogens with one attached hydrogen (secondary N) is 4. The summed E-state index contributed by atoms with van der Waals surface area (Å²) in [6, 6.07) is 8.09.